The molecule has 2 heterocycles. The average molecular weight is 606 g/mol. The zero-order valence-corrected chi connectivity index (χ0v) is 24.4. The number of benzene rings is 3. The van der Waals surface area contributed by atoms with Gasteiger partial charge in [0.2, 0.25) is 5.95 Å². The van der Waals surface area contributed by atoms with E-state index in [0.717, 1.165) is 23.5 Å². The first-order chi connectivity index (χ1) is 21.0. The lowest BCUT2D eigenvalue weighted by atomic mass is 10.1. The maximum Gasteiger partial charge on any atom is 0.416 e. The summed E-state index contributed by atoms with van der Waals surface area (Å²) in [5.74, 6) is 0.390. The van der Waals surface area contributed by atoms with Crippen LogP contribution >= 0.6 is 0 Å². The number of hydrogen-bond donors (Lipinski definition) is 2. The van der Waals surface area contributed by atoms with Crippen LogP contribution in [0.15, 0.2) is 72.9 Å². The highest BCUT2D eigenvalue weighted by molar-refractivity contribution is 6.07. The molecule has 4 aromatic rings. The summed E-state index contributed by atoms with van der Waals surface area (Å²) in [5.41, 5.74) is 2.02. The van der Waals surface area contributed by atoms with Gasteiger partial charge in [-0.3, -0.25) is 14.6 Å². The number of hydrogen-bond acceptors (Lipinski definition) is 7. The topological polar surface area (TPSA) is 103 Å². The molecule has 0 aliphatic carbocycles. The zero-order valence-electron chi connectivity index (χ0n) is 24.4. The van der Waals surface area contributed by atoms with Crippen molar-refractivity contribution in [3.63, 3.8) is 0 Å². The number of halogens is 3. The van der Waals surface area contributed by atoms with Crippen LogP contribution in [0.1, 0.15) is 28.4 Å². The molecule has 44 heavy (non-hydrogen) atoms. The van der Waals surface area contributed by atoms with E-state index < -0.39 is 17.6 Å². The Morgan fingerprint density at radius 1 is 1.05 bits per heavy atom. The van der Waals surface area contributed by atoms with Gasteiger partial charge in [0, 0.05) is 67.2 Å². The minimum Gasteiger partial charge on any atom is -0.497 e. The molecule has 0 bridgehead atoms. The van der Waals surface area contributed by atoms with Crippen LogP contribution in [0, 0.1) is 0 Å². The molecule has 0 saturated carbocycles. The van der Waals surface area contributed by atoms with Crippen LogP contribution in [0.25, 0.3) is 0 Å². The summed E-state index contributed by atoms with van der Waals surface area (Å²) in [6.45, 7) is 2.28. The molecule has 1 aliphatic heterocycles. The summed E-state index contributed by atoms with van der Waals surface area (Å²) in [7, 11) is 5.32. The van der Waals surface area contributed by atoms with Crippen LogP contribution in [0.4, 0.5) is 52.5 Å². The molecule has 0 unspecified atom stereocenters. The Hall–Kier alpha value is -5.33. The van der Waals surface area contributed by atoms with E-state index in [1.807, 2.05) is 50.2 Å². The molecule has 0 spiro atoms. The third-order valence-electron chi connectivity index (χ3n) is 6.97. The molecule has 1 aromatic heterocycles. The molecule has 10 nitrogen and oxygen atoms in total. The first-order valence-electron chi connectivity index (χ1n) is 13.6. The fourth-order valence-corrected chi connectivity index (χ4v) is 4.72. The highest BCUT2D eigenvalue weighted by Crippen LogP contribution is 2.35. The van der Waals surface area contributed by atoms with Crippen molar-refractivity contribution in [2.24, 2.45) is 0 Å². The number of methoxy groups -OCH3 is 1. The van der Waals surface area contributed by atoms with Crippen LogP contribution < -0.4 is 30.1 Å². The van der Waals surface area contributed by atoms with Crippen molar-refractivity contribution in [2.75, 3.05) is 53.1 Å². The van der Waals surface area contributed by atoms with Crippen LogP contribution in [-0.2, 0) is 12.7 Å². The van der Waals surface area contributed by atoms with Crippen molar-refractivity contribution in [1.82, 2.24) is 9.97 Å². The number of nitrogens with zero attached hydrogens (tertiary/aromatic N) is 5. The average Bonchev–Trinajstić information content (AvgIpc) is 3.00. The summed E-state index contributed by atoms with van der Waals surface area (Å²) in [4.78, 5) is 40.7. The van der Waals surface area contributed by atoms with Gasteiger partial charge in [0.25, 0.3) is 5.91 Å². The summed E-state index contributed by atoms with van der Waals surface area (Å²) in [6.07, 6.45) is -2.94. The first-order valence-corrected chi connectivity index (χ1v) is 13.6. The van der Waals surface area contributed by atoms with Gasteiger partial charge in [0.15, 0.2) is 0 Å². The van der Waals surface area contributed by atoms with Gasteiger partial charge in [0.05, 0.1) is 24.9 Å². The van der Waals surface area contributed by atoms with Crippen LogP contribution in [0.2, 0.25) is 0 Å². The Kier molecular flexibility index (Phi) is 8.30. The fraction of sp³-hybridized carbons (Fsp3) is 0.226. The molecule has 0 fully saturated rings. The lowest BCUT2D eigenvalue weighted by Crippen LogP contribution is -2.48. The number of carbonyl (C=O) groups is 2. The molecule has 0 radical (unpaired) electrons. The molecule has 228 valence electrons. The predicted molar refractivity (Wildman–Crippen MR) is 163 cm³/mol. The molecular weight excluding hydrogens is 575 g/mol. The van der Waals surface area contributed by atoms with Gasteiger partial charge in [-0.05, 0) is 49.4 Å². The lowest BCUT2D eigenvalue weighted by Gasteiger charge is -2.35. The predicted octanol–water partition coefficient (Wildman–Crippen LogP) is 6.53. The summed E-state index contributed by atoms with van der Waals surface area (Å²) >= 11 is 0. The smallest absolute Gasteiger partial charge is 0.416 e. The minimum absolute atomic E-state index is 0.134. The summed E-state index contributed by atoms with van der Waals surface area (Å²) in [5, 5.41) is 5.82. The van der Waals surface area contributed by atoms with E-state index in [9.17, 15) is 22.8 Å². The van der Waals surface area contributed by atoms with Gasteiger partial charge >= 0.3 is 12.2 Å². The van der Waals surface area contributed by atoms with E-state index in [1.165, 1.54) is 35.1 Å². The maximum atomic E-state index is 13.7. The quantitative estimate of drug-likeness (QED) is 0.235. The number of anilines is 6. The Labute approximate surface area is 252 Å². The number of fused-ring (bicyclic) bond motifs is 1. The third kappa shape index (κ3) is 6.36. The Balaban J connectivity index is 1.41. The summed E-state index contributed by atoms with van der Waals surface area (Å²) in [6, 6.07) is 16.2. The minimum atomic E-state index is -4.59. The Morgan fingerprint density at radius 2 is 1.82 bits per heavy atom. The van der Waals surface area contributed by atoms with E-state index in [4.69, 9.17) is 4.74 Å². The number of aromatic nitrogens is 2. The maximum absolute atomic E-state index is 13.7. The van der Waals surface area contributed by atoms with Crippen molar-refractivity contribution in [3.05, 3.63) is 89.6 Å². The molecule has 3 aromatic carbocycles. The molecular formula is C31H30F3N7O3. The number of urea groups is 1. The number of carbonyl (C=O) groups excluding carboxylic acids is 2. The fourth-order valence-electron chi connectivity index (χ4n) is 4.72. The Bertz CT molecular complexity index is 1710. The van der Waals surface area contributed by atoms with Gasteiger partial charge in [-0.25, -0.2) is 9.78 Å². The van der Waals surface area contributed by atoms with Gasteiger partial charge in [-0.15, -0.1) is 0 Å². The van der Waals surface area contributed by atoms with E-state index in [-0.39, 0.29) is 23.8 Å². The van der Waals surface area contributed by atoms with Gasteiger partial charge in [0.1, 0.15) is 11.6 Å². The first kappa shape index (κ1) is 30.1. The highest BCUT2D eigenvalue weighted by atomic mass is 19.4. The standard InChI is InChI=1S/C31H30F3N7O3/c1-5-40-27-20(17-35-29(38-27)37-22-10-7-11-24(13-22)39(2)3)18-41(30(40)43)25-14-23(15-26(16-25)44-4)36-28(42)19-8-6-9-21(12-19)31(32,33)34/h6-17H,5,18H2,1-4H3,(H,36,42)(H,35,37,38). The molecule has 13 heteroatoms. The largest absolute Gasteiger partial charge is 0.497 e. The van der Waals surface area contributed by atoms with E-state index >= 15 is 0 Å². The Morgan fingerprint density at radius 3 is 2.52 bits per heavy atom. The molecule has 0 saturated heterocycles. The SMILES string of the molecule is CCN1C(=O)N(c2cc(NC(=O)c3cccc(C(F)(F)F)c3)cc(OC)c2)Cc2cnc(Nc3cccc(N(C)C)c3)nc21. The molecule has 0 atom stereocenters. The zero-order chi connectivity index (χ0) is 31.6. The molecule has 3 amide bonds. The van der Waals surface area contributed by atoms with Crippen molar-refractivity contribution >= 4 is 46.5 Å². The monoisotopic (exact) mass is 605 g/mol. The molecule has 2 N–H and O–H groups in total. The van der Waals surface area contributed by atoms with Gasteiger partial charge in [-0.1, -0.05) is 12.1 Å². The van der Waals surface area contributed by atoms with E-state index in [1.54, 1.807) is 18.3 Å². The number of amides is 3. The van der Waals surface area contributed by atoms with Crippen molar-refractivity contribution in [1.29, 1.82) is 0 Å². The van der Waals surface area contributed by atoms with Crippen molar-refractivity contribution < 1.29 is 27.5 Å². The normalized spacial score (nSPS) is 12.9. The van der Waals surface area contributed by atoms with Crippen LogP contribution in [0.3, 0.4) is 0 Å². The lowest BCUT2D eigenvalue weighted by molar-refractivity contribution is -0.137. The molecule has 5 rings (SSSR count). The third-order valence-corrected chi connectivity index (χ3v) is 6.97. The summed E-state index contributed by atoms with van der Waals surface area (Å²) < 4.78 is 44.9. The van der Waals surface area contributed by atoms with Gasteiger partial charge in [-0.2, -0.15) is 18.2 Å². The van der Waals surface area contributed by atoms with Crippen molar-refractivity contribution in [3.8, 4) is 5.75 Å². The van der Waals surface area contributed by atoms with E-state index in [2.05, 4.69) is 20.6 Å². The van der Waals surface area contributed by atoms with Crippen LogP contribution in [-0.4, -0.2) is 49.7 Å². The van der Waals surface area contributed by atoms with Gasteiger partial charge < -0.3 is 20.3 Å². The number of rotatable bonds is 8. The molecule has 1 aliphatic rings. The second-order valence-corrected chi connectivity index (χ2v) is 10.2. The number of nitrogens with one attached hydrogen (secondary N) is 2. The second kappa shape index (κ2) is 12.1. The number of alkyl halides is 3. The van der Waals surface area contributed by atoms with Crippen molar-refractivity contribution in [2.45, 2.75) is 19.6 Å². The second-order valence-electron chi connectivity index (χ2n) is 10.2. The number of ether oxygens (including phenoxy) is 1. The van der Waals surface area contributed by atoms with E-state index in [0.29, 0.717) is 35.3 Å². The highest BCUT2D eigenvalue weighted by Gasteiger charge is 2.33. The van der Waals surface area contributed by atoms with Crippen LogP contribution in [0.5, 0.6) is 5.75 Å².